The lowest BCUT2D eigenvalue weighted by Crippen LogP contribution is -2.53. The van der Waals surface area contributed by atoms with Gasteiger partial charge in [-0.2, -0.15) is 13.2 Å². The Morgan fingerprint density at radius 3 is 2.51 bits per heavy atom. The van der Waals surface area contributed by atoms with E-state index in [9.17, 15) is 22.8 Å². The first-order chi connectivity index (χ1) is 17.5. The molecular weight excluding hydrogens is 507 g/mol. The van der Waals surface area contributed by atoms with Crippen LogP contribution in [-0.4, -0.2) is 67.5 Å². The number of benzene rings is 1. The van der Waals surface area contributed by atoms with E-state index in [4.69, 9.17) is 11.6 Å². The Morgan fingerprint density at radius 2 is 1.86 bits per heavy atom. The third-order valence-electron chi connectivity index (χ3n) is 7.21. The van der Waals surface area contributed by atoms with Gasteiger partial charge in [0.15, 0.2) is 0 Å². The van der Waals surface area contributed by atoms with Gasteiger partial charge in [0.05, 0.1) is 22.0 Å². The summed E-state index contributed by atoms with van der Waals surface area (Å²) in [5, 5.41) is 0.492. The minimum atomic E-state index is -4.61. The Morgan fingerprint density at radius 1 is 1.16 bits per heavy atom. The number of rotatable bonds is 6. The highest BCUT2D eigenvalue weighted by Gasteiger charge is 2.49. The predicted octanol–water partition coefficient (Wildman–Crippen LogP) is 4.61. The minimum Gasteiger partial charge on any atom is -0.367 e. The van der Waals surface area contributed by atoms with E-state index in [-0.39, 0.29) is 23.8 Å². The van der Waals surface area contributed by atoms with Crippen molar-refractivity contribution < 1.29 is 22.8 Å². The van der Waals surface area contributed by atoms with Gasteiger partial charge in [-0.1, -0.05) is 31.5 Å². The largest absolute Gasteiger partial charge is 0.416 e. The van der Waals surface area contributed by atoms with Gasteiger partial charge in [0.25, 0.3) is 0 Å². The van der Waals surface area contributed by atoms with Crippen molar-refractivity contribution >= 4 is 40.6 Å². The highest BCUT2D eigenvalue weighted by molar-refractivity contribution is 6.34. The molecule has 0 spiro atoms. The zero-order valence-electron chi connectivity index (χ0n) is 21.3. The fourth-order valence-corrected chi connectivity index (χ4v) is 5.56. The zero-order chi connectivity index (χ0) is 27.1. The monoisotopic (exact) mass is 537 g/mol. The van der Waals surface area contributed by atoms with E-state index in [0.717, 1.165) is 36.7 Å². The molecule has 2 aromatic rings. The third-order valence-corrected chi connectivity index (χ3v) is 7.51. The molecule has 1 saturated heterocycles. The maximum Gasteiger partial charge on any atom is 0.416 e. The number of likely N-dealkylation sites (N-methyl/N-ethyl adjacent to an activating group) is 2. The lowest BCUT2D eigenvalue weighted by Gasteiger charge is -2.39. The van der Waals surface area contributed by atoms with Crippen LogP contribution < -0.4 is 14.7 Å². The van der Waals surface area contributed by atoms with Crippen molar-refractivity contribution in [1.29, 1.82) is 0 Å². The summed E-state index contributed by atoms with van der Waals surface area (Å²) in [6.45, 7) is 9.06. The summed E-state index contributed by atoms with van der Waals surface area (Å²) in [5.41, 5.74) is 0.508. The van der Waals surface area contributed by atoms with Crippen LogP contribution in [0.25, 0.3) is 0 Å². The number of carbonyl (C=O) groups is 2. The molecule has 2 atom stereocenters. The van der Waals surface area contributed by atoms with Crippen molar-refractivity contribution in [3.63, 3.8) is 0 Å². The van der Waals surface area contributed by atoms with E-state index in [0.29, 0.717) is 29.5 Å². The lowest BCUT2D eigenvalue weighted by molar-refractivity contribution is -0.137. The number of alkyl halides is 3. The molecule has 2 aliphatic heterocycles. The molecule has 1 fully saturated rings. The quantitative estimate of drug-likeness (QED) is 0.539. The molecule has 2 aliphatic rings. The first-order valence-corrected chi connectivity index (χ1v) is 12.7. The molecular formula is C26H31ClF3N5O2. The van der Waals surface area contributed by atoms with Gasteiger partial charge in [-0.05, 0) is 44.3 Å². The van der Waals surface area contributed by atoms with Crippen LogP contribution in [0.4, 0.5) is 30.4 Å². The van der Waals surface area contributed by atoms with Gasteiger partial charge < -0.3 is 14.7 Å². The second-order valence-corrected chi connectivity index (χ2v) is 9.91. The predicted molar refractivity (Wildman–Crippen MR) is 138 cm³/mol. The van der Waals surface area contributed by atoms with Crippen LogP contribution in [0.1, 0.15) is 31.5 Å². The van der Waals surface area contributed by atoms with Gasteiger partial charge in [-0.25, -0.2) is 4.98 Å². The molecule has 4 rings (SSSR count). The lowest BCUT2D eigenvalue weighted by atomic mass is 9.95. The van der Waals surface area contributed by atoms with Crippen LogP contribution in [0.15, 0.2) is 30.3 Å². The van der Waals surface area contributed by atoms with Crippen LogP contribution in [0.3, 0.4) is 0 Å². The molecule has 0 bridgehead atoms. The van der Waals surface area contributed by atoms with Crippen molar-refractivity contribution in [2.45, 2.75) is 39.4 Å². The van der Waals surface area contributed by atoms with E-state index >= 15 is 0 Å². The molecule has 7 nitrogen and oxygen atoms in total. The smallest absolute Gasteiger partial charge is 0.367 e. The molecule has 200 valence electrons. The number of fused-ring (bicyclic) bond motifs is 2. The fraction of sp³-hybridized carbons (Fsp3) is 0.500. The summed E-state index contributed by atoms with van der Waals surface area (Å²) in [4.78, 5) is 38.3. The average molecular weight is 538 g/mol. The highest BCUT2D eigenvalue weighted by Crippen LogP contribution is 2.42. The van der Waals surface area contributed by atoms with E-state index in [1.54, 1.807) is 25.2 Å². The number of aromatic nitrogens is 1. The summed E-state index contributed by atoms with van der Waals surface area (Å²) < 4.78 is 40.7. The van der Waals surface area contributed by atoms with Crippen molar-refractivity contribution in [1.82, 2.24) is 9.88 Å². The molecule has 0 unspecified atom stereocenters. The first kappa shape index (κ1) is 27.2. The first-order valence-electron chi connectivity index (χ1n) is 12.4. The van der Waals surface area contributed by atoms with Gasteiger partial charge in [-0.15, -0.1) is 0 Å². The second-order valence-electron chi connectivity index (χ2n) is 9.50. The van der Waals surface area contributed by atoms with Crippen LogP contribution in [0, 0.1) is 12.8 Å². The molecule has 2 amide bonds. The van der Waals surface area contributed by atoms with Crippen molar-refractivity contribution in [2.75, 3.05) is 54.5 Å². The number of anilines is 3. The Balaban J connectivity index is 1.79. The van der Waals surface area contributed by atoms with E-state index in [2.05, 4.69) is 28.6 Å². The van der Waals surface area contributed by atoms with Crippen LogP contribution in [0.2, 0.25) is 5.02 Å². The van der Waals surface area contributed by atoms with Gasteiger partial charge in [0.1, 0.15) is 11.9 Å². The zero-order valence-corrected chi connectivity index (χ0v) is 22.1. The van der Waals surface area contributed by atoms with E-state index in [1.165, 1.54) is 11.8 Å². The molecule has 37 heavy (non-hydrogen) atoms. The van der Waals surface area contributed by atoms with E-state index < -0.39 is 29.6 Å². The molecule has 0 saturated carbocycles. The molecule has 1 aromatic carbocycles. The molecule has 0 aliphatic carbocycles. The van der Waals surface area contributed by atoms with Crippen LogP contribution >= 0.6 is 11.6 Å². The topological polar surface area (TPSA) is 60.0 Å². The number of hydrogen-bond donors (Lipinski definition) is 0. The number of hydrogen-bond acceptors (Lipinski definition) is 5. The number of para-hydroxylation sites is 1. The van der Waals surface area contributed by atoms with Crippen LogP contribution in [0.5, 0.6) is 0 Å². The molecule has 0 radical (unpaired) electrons. The normalized spacial score (nSPS) is 20.3. The molecule has 3 heterocycles. The van der Waals surface area contributed by atoms with Gasteiger partial charge in [0, 0.05) is 44.7 Å². The molecule has 11 heteroatoms. The summed E-state index contributed by atoms with van der Waals surface area (Å²) in [6, 6.07) is 6.10. The SMILES string of the molecule is CCN(CC)CCN1C[C@H]2CC(=O)N(c3cc(C(F)(F)F)cc(C)n3)[C@@H]2C(=O)N(C)c2cccc(Cl)c21. The summed E-state index contributed by atoms with van der Waals surface area (Å²) >= 11 is 6.65. The van der Waals surface area contributed by atoms with Crippen molar-refractivity contribution in [3.05, 3.63) is 46.6 Å². The number of aryl methyl sites for hydroxylation is 1. The number of nitrogens with zero attached hydrogens (tertiary/aromatic N) is 5. The number of pyridine rings is 1. The van der Waals surface area contributed by atoms with Gasteiger partial charge >= 0.3 is 6.18 Å². The van der Waals surface area contributed by atoms with Crippen LogP contribution in [-0.2, 0) is 15.8 Å². The average Bonchev–Trinajstić information content (AvgIpc) is 3.16. The minimum absolute atomic E-state index is 0.0166. The van der Waals surface area contributed by atoms with Gasteiger partial charge in [-0.3, -0.25) is 14.5 Å². The maximum absolute atomic E-state index is 13.8. The Labute approximate surface area is 219 Å². The number of carbonyl (C=O) groups excluding carboxylic acids is 2. The van der Waals surface area contributed by atoms with Crippen molar-refractivity contribution in [3.8, 4) is 0 Å². The second kappa shape index (κ2) is 10.5. The summed E-state index contributed by atoms with van der Waals surface area (Å²) in [5.74, 6) is -1.43. The fourth-order valence-electron chi connectivity index (χ4n) is 5.27. The molecule has 0 N–H and O–H groups in total. The summed E-state index contributed by atoms with van der Waals surface area (Å²) in [6.07, 6.45) is -4.59. The van der Waals surface area contributed by atoms with Crippen molar-refractivity contribution in [2.24, 2.45) is 5.92 Å². The molecule has 1 aromatic heterocycles. The standard InChI is InChI=1S/C26H31ClF3N5O2/c1-5-33(6-2)10-11-34-15-17-13-22(36)35(21-14-18(26(28,29)30)12-16(3)31-21)23(17)25(37)32(4)20-9-7-8-19(27)24(20)34/h7-9,12,14,17,23H,5-6,10-11,13,15H2,1-4H3/t17-,23+/m1/s1. The third kappa shape index (κ3) is 5.27. The van der Waals surface area contributed by atoms with Gasteiger partial charge in [0.2, 0.25) is 11.8 Å². The Bertz CT molecular complexity index is 1190. The number of amides is 2. The summed E-state index contributed by atoms with van der Waals surface area (Å²) in [7, 11) is 1.61. The maximum atomic E-state index is 13.8. The highest BCUT2D eigenvalue weighted by atomic mass is 35.5. The Hall–Kier alpha value is -2.85. The Kier molecular flexibility index (Phi) is 7.71. The van der Waals surface area contributed by atoms with E-state index in [1.807, 2.05) is 0 Å². The number of halogens is 4.